The van der Waals surface area contributed by atoms with Crippen molar-refractivity contribution in [1.82, 2.24) is 0 Å². The standard InChI is InChI=1S/C15H20F3NO/c1-10-9-11(20-2)7-8-13(10)19-14-6-4-3-5-12(14)15(16,17)18/h7-9,12,14,19H,3-6H2,1-2H3. The molecule has 2 rings (SSSR count). The predicted octanol–water partition coefficient (Wildman–Crippen LogP) is 4.54. The molecule has 0 aromatic heterocycles. The first-order valence-electron chi connectivity index (χ1n) is 6.89. The number of anilines is 1. The van der Waals surface area contributed by atoms with E-state index in [1.165, 1.54) is 0 Å². The van der Waals surface area contributed by atoms with Crippen LogP contribution in [0.5, 0.6) is 5.75 Å². The Morgan fingerprint density at radius 3 is 2.50 bits per heavy atom. The van der Waals surface area contributed by atoms with E-state index in [0.717, 1.165) is 17.7 Å². The van der Waals surface area contributed by atoms with Gasteiger partial charge in [-0.3, -0.25) is 0 Å². The van der Waals surface area contributed by atoms with Gasteiger partial charge >= 0.3 is 6.18 Å². The maximum atomic E-state index is 13.1. The molecule has 0 bridgehead atoms. The number of ether oxygens (including phenoxy) is 1. The zero-order valence-electron chi connectivity index (χ0n) is 11.8. The van der Waals surface area contributed by atoms with Crippen molar-refractivity contribution < 1.29 is 17.9 Å². The molecule has 1 N–H and O–H groups in total. The molecule has 2 atom stereocenters. The molecule has 0 amide bonds. The maximum absolute atomic E-state index is 13.1. The third-order valence-corrected chi connectivity index (χ3v) is 3.96. The molecule has 1 aromatic carbocycles. The van der Waals surface area contributed by atoms with Crippen LogP contribution in [0.3, 0.4) is 0 Å². The van der Waals surface area contributed by atoms with Crippen LogP contribution >= 0.6 is 0 Å². The zero-order chi connectivity index (χ0) is 14.8. The lowest BCUT2D eigenvalue weighted by atomic mass is 9.83. The number of hydrogen-bond donors (Lipinski definition) is 1. The van der Waals surface area contributed by atoms with Crippen molar-refractivity contribution in [3.05, 3.63) is 23.8 Å². The maximum Gasteiger partial charge on any atom is 0.393 e. The monoisotopic (exact) mass is 287 g/mol. The molecule has 1 aromatic rings. The second-order valence-electron chi connectivity index (χ2n) is 5.36. The highest BCUT2D eigenvalue weighted by molar-refractivity contribution is 5.54. The van der Waals surface area contributed by atoms with Gasteiger partial charge in [0, 0.05) is 11.7 Å². The van der Waals surface area contributed by atoms with Crippen LogP contribution in [0.1, 0.15) is 31.2 Å². The second kappa shape index (κ2) is 5.94. The number of benzene rings is 1. The molecule has 2 nitrogen and oxygen atoms in total. The fourth-order valence-electron chi connectivity index (χ4n) is 2.82. The van der Waals surface area contributed by atoms with Crippen molar-refractivity contribution in [1.29, 1.82) is 0 Å². The Kier molecular flexibility index (Phi) is 4.45. The Morgan fingerprint density at radius 2 is 1.90 bits per heavy atom. The third-order valence-electron chi connectivity index (χ3n) is 3.96. The van der Waals surface area contributed by atoms with Crippen molar-refractivity contribution in [2.45, 2.75) is 44.8 Å². The Morgan fingerprint density at radius 1 is 1.20 bits per heavy atom. The average molecular weight is 287 g/mol. The van der Waals surface area contributed by atoms with Gasteiger partial charge in [-0.15, -0.1) is 0 Å². The predicted molar refractivity (Wildman–Crippen MR) is 73.2 cm³/mol. The van der Waals surface area contributed by atoms with Gasteiger partial charge in [0.25, 0.3) is 0 Å². The summed E-state index contributed by atoms with van der Waals surface area (Å²) in [5, 5.41) is 3.08. The fourth-order valence-corrected chi connectivity index (χ4v) is 2.82. The van der Waals surface area contributed by atoms with Gasteiger partial charge in [-0.1, -0.05) is 12.8 Å². The minimum atomic E-state index is -4.13. The van der Waals surface area contributed by atoms with Crippen molar-refractivity contribution in [2.75, 3.05) is 12.4 Å². The van der Waals surface area contributed by atoms with Gasteiger partial charge in [0.1, 0.15) is 5.75 Å². The van der Waals surface area contributed by atoms with Crippen LogP contribution in [0.25, 0.3) is 0 Å². The summed E-state index contributed by atoms with van der Waals surface area (Å²) in [5.74, 6) is -0.540. The molecule has 0 radical (unpaired) electrons. The summed E-state index contributed by atoms with van der Waals surface area (Å²) < 4.78 is 44.3. The van der Waals surface area contributed by atoms with Crippen molar-refractivity contribution in [3.8, 4) is 5.75 Å². The van der Waals surface area contributed by atoms with E-state index >= 15 is 0 Å². The van der Waals surface area contributed by atoms with Crippen LogP contribution in [0.2, 0.25) is 0 Å². The van der Waals surface area contributed by atoms with Gasteiger partial charge in [0.05, 0.1) is 13.0 Å². The molecule has 1 aliphatic carbocycles. The second-order valence-corrected chi connectivity index (χ2v) is 5.36. The minimum absolute atomic E-state index is 0.219. The number of alkyl halides is 3. The highest BCUT2D eigenvalue weighted by atomic mass is 19.4. The molecule has 1 aliphatic rings. The summed E-state index contributed by atoms with van der Waals surface area (Å²) in [7, 11) is 1.57. The van der Waals surface area contributed by atoms with Gasteiger partial charge in [-0.2, -0.15) is 13.2 Å². The summed E-state index contributed by atoms with van der Waals surface area (Å²) in [4.78, 5) is 0. The first-order chi connectivity index (χ1) is 9.41. The SMILES string of the molecule is COc1ccc(NC2CCCCC2C(F)(F)F)c(C)c1. The van der Waals surface area contributed by atoms with E-state index in [0.29, 0.717) is 18.6 Å². The van der Waals surface area contributed by atoms with E-state index in [-0.39, 0.29) is 6.42 Å². The molecule has 1 saturated carbocycles. The van der Waals surface area contributed by atoms with Gasteiger partial charge in [0.15, 0.2) is 0 Å². The molecule has 20 heavy (non-hydrogen) atoms. The number of nitrogens with one attached hydrogen (secondary N) is 1. The first-order valence-corrected chi connectivity index (χ1v) is 6.89. The normalized spacial score (nSPS) is 23.4. The molecule has 112 valence electrons. The molecule has 2 unspecified atom stereocenters. The van der Waals surface area contributed by atoms with Gasteiger partial charge < -0.3 is 10.1 Å². The van der Waals surface area contributed by atoms with E-state index in [4.69, 9.17) is 4.74 Å². The number of methoxy groups -OCH3 is 1. The summed E-state index contributed by atoms with van der Waals surface area (Å²) in [5.41, 5.74) is 1.66. The average Bonchev–Trinajstić information content (AvgIpc) is 2.40. The van der Waals surface area contributed by atoms with Crippen LogP contribution in [0.15, 0.2) is 18.2 Å². The van der Waals surface area contributed by atoms with Crippen LogP contribution in [-0.2, 0) is 0 Å². The van der Waals surface area contributed by atoms with Crippen molar-refractivity contribution in [3.63, 3.8) is 0 Å². The molecule has 0 saturated heterocycles. The van der Waals surface area contributed by atoms with E-state index in [1.54, 1.807) is 19.2 Å². The van der Waals surface area contributed by atoms with Crippen LogP contribution in [0, 0.1) is 12.8 Å². The van der Waals surface area contributed by atoms with E-state index < -0.39 is 18.1 Å². The van der Waals surface area contributed by atoms with Crippen LogP contribution < -0.4 is 10.1 Å². The molecule has 0 spiro atoms. The lowest BCUT2D eigenvalue weighted by molar-refractivity contribution is -0.184. The molecule has 0 heterocycles. The molecular weight excluding hydrogens is 267 g/mol. The highest BCUT2D eigenvalue weighted by Gasteiger charge is 2.45. The van der Waals surface area contributed by atoms with Crippen LogP contribution in [0.4, 0.5) is 18.9 Å². The smallest absolute Gasteiger partial charge is 0.393 e. The Hall–Kier alpha value is -1.39. The van der Waals surface area contributed by atoms with Crippen LogP contribution in [-0.4, -0.2) is 19.3 Å². The number of hydrogen-bond acceptors (Lipinski definition) is 2. The van der Waals surface area contributed by atoms with E-state index in [9.17, 15) is 13.2 Å². The molecule has 1 fully saturated rings. The lowest BCUT2D eigenvalue weighted by Crippen LogP contribution is -2.41. The largest absolute Gasteiger partial charge is 0.497 e. The van der Waals surface area contributed by atoms with Gasteiger partial charge in [-0.05, 0) is 43.5 Å². The Balaban J connectivity index is 2.15. The molecule has 0 aliphatic heterocycles. The zero-order valence-corrected chi connectivity index (χ0v) is 11.8. The quantitative estimate of drug-likeness (QED) is 0.881. The third kappa shape index (κ3) is 3.38. The highest BCUT2D eigenvalue weighted by Crippen LogP contribution is 2.39. The Bertz CT molecular complexity index is 459. The summed E-state index contributed by atoms with van der Waals surface area (Å²) in [6, 6.07) is 4.85. The van der Waals surface area contributed by atoms with E-state index in [1.807, 2.05) is 13.0 Å². The summed E-state index contributed by atoms with van der Waals surface area (Å²) in [6.07, 6.45) is -1.84. The molecule has 5 heteroatoms. The number of halogens is 3. The fraction of sp³-hybridized carbons (Fsp3) is 0.600. The minimum Gasteiger partial charge on any atom is -0.497 e. The van der Waals surface area contributed by atoms with Crippen molar-refractivity contribution >= 4 is 5.69 Å². The summed E-state index contributed by atoms with van der Waals surface area (Å²) in [6.45, 7) is 1.87. The van der Waals surface area contributed by atoms with Gasteiger partial charge in [0.2, 0.25) is 0 Å². The molecular formula is C15H20F3NO. The summed E-state index contributed by atoms with van der Waals surface area (Å²) >= 11 is 0. The first kappa shape index (κ1) is 15.0. The van der Waals surface area contributed by atoms with E-state index in [2.05, 4.69) is 5.32 Å². The number of rotatable bonds is 3. The lowest BCUT2D eigenvalue weighted by Gasteiger charge is -2.34. The topological polar surface area (TPSA) is 21.3 Å². The van der Waals surface area contributed by atoms with Crippen molar-refractivity contribution in [2.24, 2.45) is 5.92 Å². The van der Waals surface area contributed by atoms with Gasteiger partial charge in [-0.25, -0.2) is 0 Å². The number of aryl methyl sites for hydroxylation is 1. The Labute approximate surface area is 117 Å².